The molecule has 0 amide bonds. The van der Waals surface area contributed by atoms with Gasteiger partial charge in [-0.2, -0.15) is 0 Å². The lowest BCUT2D eigenvalue weighted by Crippen LogP contribution is -2.53. The fourth-order valence-corrected chi connectivity index (χ4v) is 8.68. The molecule has 0 spiro atoms. The number of aromatic nitrogens is 2. The molecule has 4 heteroatoms. The van der Waals surface area contributed by atoms with Crippen LogP contribution in [-0.4, -0.2) is 31.9 Å². The van der Waals surface area contributed by atoms with Crippen LogP contribution in [0, 0.1) is 34.5 Å². The number of hydrogen-bond donors (Lipinski definition) is 2. The van der Waals surface area contributed by atoms with Gasteiger partial charge in [-0.1, -0.05) is 25.5 Å². The number of allylic oxidation sites excluding steroid dienone is 1. The Morgan fingerprint density at radius 1 is 1.13 bits per heavy atom. The molecule has 4 aliphatic rings. The molecule has 1 heterocycles. The zero-order valence-corrected chi connectivity index (χ0v) is 19.6. The molecule has 0 saturated heterocycles. The van der Waals surface area contributed by atoms with E-state index in [1.54, 1.807) is 18.1 Å². The largest absolute Gasteiger partial charge is 0.393 e. The van der Waals surface area contributed by atoms with Gasteiger partial charge in [-0.15, -0.1) is 0 Å². The van der Waals surface area contributed by atoms with E-state index >= 15 is 0 Å². The van der Waals surface area contributed by atoms with Crippen molar-refractivity contribution in [2.75, 3.05) is 0 Å². The molecule has 2 N–H and O–H groups in total. The third kappa shape index (κ3) is 3.49. The highest BCUT2D eigenvalue weighted by Gasteiger charge is 2.61. The molecule has 31 heavy (non-hydrogen) atoms. The number of aryl methyl sites for hydroxylation is 1. The second kappa shape index (κ2) is 7.66. The van der Waals surface area contributed by atoms with Crippen molar-refractivity contribution in [3.05, 3.63) is 35.9 Å². The average molecular weight is 425 g/mol. The first-order valence-electron chi connectivity index (χ1n) is 12.6. The highest BCUT2D eigenvalue weighted by molar-refractivity contribution is 5.25. The van der Waals surface area contributed by atoms with Gasteiger partial charge < -0.3 is 10.2 Å². The molecule has 1 unspecified atom stereocenters. The summed E-state index contributed by atoms with van der Waals surface area (Å²) < 4.78 is 0. The maximum Gasteiger partial charge on any atom is 0.115 e. The minimum Gasteiger partial charge on any atom is -0.393 e. The second-order valence-electron chi connectivity index (χ2n) is 11.9. The Balaban J connectivity index is 1.35. The Labute approximate surface area is 187 Å². The monoisotopic (exact) mass is 424 g/mol. The van der Waals surface area contributed by atoms with Crippen molar-refractivity contribution >= 4 is 0 Å². The third-order valence-electron chi connectivity index (χ3n) is 10.4. The maximum atomic E-state index is 11.7. The molecule has 0 aliphatic heterocycles. The summed E-state index contributed by atoms with van der Waals surface area (Å²) in [5, 5.41) is 21.9. The van der Waals surface area contributed by atoms with E-state index in [0.717, 1.165) is 56.1 Å². The van der Waals surface area contributed by atoms with Crippen molar-refractivity contribution in [3.63, 3.8) is 0 Å². The topological polar surface area (TPSA) is 66.2 Å². The van der Waals surface area contributed by atoms with Crippen molar-refractivity contribution in [3.8, 4) is 0 Å². The number of fused-ring (bicyclic) bond motifs is 5. The number of hydrogen-bond acceptors (Lipinski definition) is 4. The van der Waals surface area contributed by atoms with Gasteiger partial charge >= 0.3 is 0 Å². The summed E-state index contributed by atoms with van der Waals surface area (Å²) in [6.45, 7) is 7.08. The molecule has 1 aromatic heterocycles. The van der Waals surface area contributed by atoms with Crippen LogP contribution in [0.5, 0.6) is 0 Å². The average Bonchev–Trinajstić information content (AvgIpc) is 3.12. The Bertz CT molecular complexity index is 837. The van der Waals surface area contributed by atoms with E-state index in [2.05, 4.69) is 36.8 Å². The van der Waals surface area contributed by atoms with Crippen molar-refractivity contribution in [2.45, 2.75) is 96.7 Å². The van der Waals surface area contributed by atoms with Crippen LogP contribution in [-0.2, 0) is 6.42 Å². The molecule has 170 valence electrons. The number of aliphatic hydroxyl groups excluding tert-OH is 1. The Morgan fingerprint density at radius 3 is 2.74 bits per heavy atom. The SMILES string of the molecule is CC(O)(CCc1ccncn1)[C@H]1CC[C@H]2[C@@H]3CC=C4C[C@@H](O)CC[C@]4(C)[C@H]3CC[C@]12C. The van der Waals surface area contributed by atoms with Crippen molar-refractivity contribution in [1.29, 1.82) is 0 Å². The van der Waals surface area contributed by atoms with Crippen LogP contribution < -0.4 is 0 Å². The van der Waals surface area contributed by atoms with Gasteiger partial charge in [0.1, 0.15) is 6.33 Å². The van der Waals surface area contributed by atoms with Crippen LogP contribution >= 0.6 is 0 Å². The molecular weight excluding hydrogens is 384 g/mol. The Kier molecular flexibility index (Phi) is 5.33. The first-order chi connectivity index (χ1) is 14.7. The fourth-order valence-electron chi connectivity index (χ4n) is 8.68. The van der Waals surface area contributed by atoms with Gasteiger partial charge in [0.05, 0.1) is 11.7 Å². The van der Waals surface area contributed by atoms with Crippen LogP contribution in [0.2, 0.25) is 0 Å². The van der Waals surface area contributed by atoms with Crippen molar-refractivity contribution < 1.29 is 10.2 Å². The molecule has 5 rings (SSSR count). The predicted octanol–water partition coefficient (Wildman–Crippen LogP) is 5.10. The standard InChI is InChI=1S/C27H40N2O2/c1-25-12-9-20(30)16-18(25)4-5-21-22-6-7-24(26(22,2)13-10-23(21)25)27(3,31)14-8-19-11-15-28-17-29-19/h4,11,15,17,20-24,30-31H,5-10,12-14,16H2,1-3H3/t20-,21-,22-,23-,24-,25-,26-,27?/m0/s1. The van der Waals surface area contributed by atoms with Crippen LogP contribution in [0.3, 0.4) is 0 Å². The predicted molar refractivity (Wildman–Crippen MR) is 122 cm³/mol. The van der Waals surface area contributed by atoms with Gasteiger partial charge in [-0.05, 0) is 112 Å². The van der Waals surface area contributed by atoms with Crippen molar-refractivity contribution in [2.24, 2.45) is 34.5 Å². The quantitative estimate of drug-likeness (QED) is 0.660. The lowest BCUT2D eigenvalue weighted by Gasteiger charge is -2.59. The van der Waals surface area contributed by atoms with Gasteiger partial charge in [0.15, 0.2) is 0 Å². The van der Waals surface area contributed by atoms with Gasteiger partial charge in [0.25, 0.3) is 0 Å². The van der Waals surface area contributed by atoms with E-state index < -0.39 is 5.60 Å². The fraction of sp³-hybridized carbons (Fsp3) is 0.778. The van der Waals surface area contributed by atoms with Gasteiger partial charge in [-0.25, -0.2) is 9.97 Å². The number of rotatable bonds is 4. The summed E-state index contributed by atoms with van der Waals surface area (Å²) in [6.07, 6.45) is 16.4. The lowest BCUT2D eigenvalue weighted by molar-refractivity contribution is -0.104. The normalized spacial score (nSPS) is 43.9. The Hall–Kier alpha value is -1.26. The van der Waals surface area contributed by atoms with Crippen LogP contribution in [0.15, 0.2) is 30.2 Å². The van der Waals surface area contributed by atoms with Crippen molar-refractivity contribution in [1.82, 2.24) is 9.97 Å². The lowest BCUT2D eigenvalue weighted by atomic mass is 9.46. The molecule has 0 aromatic carbocycles. The third-order valence-corrected chi connectivity index (χ3v) is 10.4. The van der Waals surface area contributed by atoms with Crippen LogP contribution in [0.25, 0.3) is 0 Å². The molecule has 8 atom stereocenters. The van der Waals surface area contributed by atoms with E-state index in [9.17, 15) is 10.2 Å². The summed E-state index contributed by atoms with van der Waals surface area (Å²) in [4.78, 5) is 8.38. The molecule has 4 nitrogen and oxygen atoms in total. The van der Waals surface area contributed by atoms with E-state index in [4.69, 9.17) is 0 Å². The van der Waals surface area contributed by atoms with E-state index in [1.165, 1.54) is 25.7 Å². The molecule has 0 radical (unpaired) electrons. The molecular formula is C27H40N2O2. The number of aliphatic hydroxyl groups is 2. The van der Waals surface area contributed by atoms with Gasteiger partial charge in [0.2, 0.25) is 0 Å². The summed E-state index contributed by atoms with van der Waals surface area (Å²) in [6, 6.07) is 1.97. The minimum atomic E-state index is -0.657. The highest BCUT2D eigenvalue weighted by Crippen LogP contribution is 2.67. The zero-order chi connectivity index (χ0) is 21.9. The van der Waals surface area contributed by atoms with Crippen LogP contribution in [0.4, 0.5) is 0 Å². The van der Waals surface area contributed by atoms with E-state index in [0.29, 0.717) is 11.8 Å². The molecule has 4 aliphatic carbocycles. The summed E-state index contributed by atoms with van der Waals surface area (Å²) in [7, 11) is 0. The molecule has 1 aromatic rings. The minimum absolute atomic E-state index is 0.134. The molecule has 3 saturated carbocycles. The smallest absolute Gasteiger partial charge is 0.115 e. The maximum absolute atomic E-state index is 11.7. The summed E-state index contributed by atoms with van der Waals surface area (Å²) in [5.74, 6) is 2.57. The summed E-state index contributed by atoms with van der Waals surface area (Å²) in [5.41, 5.74) is 2.43. The van der Waals surface area contributed by atoms with Crippen LogP contribution in [0.1, 0.15) is 84.3 Å². The highest BCUT2D eigenvalue weighted by atomic mass is 16.3. The van der Waals surface area contributed by atoms with E-state index in [1.807, 2.05) is 6.07 Å². The second-order valence-corrected chi connectivity index (χ2v) is 11.9. The molecule has 0 bridgehead atoms. The zero-order valence-electron chi connectivity index (χ0n) is 19.6. The summed E-state index contributed by atoms with van der Waals surface area (Å²) >= 11 is 0. The first kappa shape index (κ1) is 21.6. The first-order valence-corrected chi connectivity index (χ1v) is 12.6. The van der Waals surface area contributed by atoms with Gasteiger partial charge in [-0.3, -0.25) is 0 Å². The number of nitrogens with zero attached hydrogens (tertiary/aromatic N) is 2. The van der Waals surface area contributed by atoms with Gasteiger partial charge in [0, 0.05) is 11.9 Å². The Morgan fingerprint density at radius 2 is 1.97 bits per heavy atom. The molecule has 3 fully saturated rings. The van der Waals surface area contributed by atoms with E-state index in [-0.39, 0.29) is 16.9 Å².